The molecule has 1 fully saturated rings. The molecule has 1 saturated heterocycles. The van der Waals surface area contributed by atoms with Crippen molar-refractivity contribution in [3.05, 3.63) is 12.4 Å². The van der Waals surface area contributed by atoms with Crippen molar-refractivity contribution in [2.24, 2.45) is 0 Å². The highest BCUT2D eigenvalue weighted by Gasteiger charge is 2.55. The average molecular weight is 436 g/mol. The van der Waals surface area contributed by atoms with E-state index >= 15 is 0 Å². The predicted octanol–water partition coefficient (Wildman–Crippen LogP) is 3.58. The summed E-state index contributed by atoms with van der Waals surface area (Å²) in [6.07, 6.45) is 1.16. The number of amides is 2. The van der Waals surface area contributed by atoms with Crippen molar-refractivity contribution in [2.45, 2.75) is 91.6 Å². The van der Waals surface area contributed by atoms with Crippen LogP contribution < -0.4 is 10.1 Å². The molecular formula is C21H35BN3O6+. The third kappa shape index (κ3) is 5.42. The monoisotopic (exact) mass is 436 g/mol. The molecule has 1 aliphatic heterocycles. The van der Waals surface area contributed by atoms with Crippen molar-refractivity contribution in [3.8, 4) is 0 Å². The van der Waals surface area contributed by atoms with Crippen LogP contribution in [0.4, 0.5) is 15.4 Å². The van der Waals surface area contributed by atoms with Crippen LogP contribution in [0, 0.1) is 0 Å². The summed E-state index contributed by atoms with van der Waals surface area (Å²) in [5, 5.41) is 0. The summed E-state index contributed by atoms with van der Waals surface area (Å²) in [7, 11) is 0.573. The van der Waals surface area contributed by atoms with Gasteiger partial charge in [0.1, 0.15) is 17.4 Å². The van der Waals surface area contributed by atoms with Gasteiger partial charge in [-0.15, -0.1) is 0 Å². The van der Waals surface area contributed by atoms with Crippen molar-refractivity contribution < 1.29 is 28.4 Å². The standard InChI is InChI=1S/C21H35BN3O6/c1-18(2,3)28-16(26)25(11,17(27)29-19(4,5)6)15-13-23-12-14(24-15)22-30-20(7,8)21(9,10)31-22/h12-13H,1-11H3/q+1. The maximum absolute atomic E-state index is 13.2. The average Bonchev–Trinajstić information content (AvgIpc) is 2.79. The second-order valence-electron chi connectivity index (χ2n) is 10.9. The molecule has 0 saturated carbocycles. The third-order valence-electron chi connectivity index (χ3n) is 5.11. The molecule has 1 aromatic rings. The SMILES string of the molecule is CC(C)(C)OC(=O)[N+](C)(C(=O)OC(C)(C)C)c1cncc(B2OC(C)(C)C(C)(C)O2)n1. The molecular weight excluding hydrogens is 401 g/mol. The van der Waals surface area contributed by atoms with Crippen molar-refractivity contribution >= 4 is 30.7 Å². The second-order valence-corrected chi connectivity index (χ2v) is 10.9. The fourth-order valence-corrected chi connectivity index (χ4v) is 2.63. The molecule has 31 heavy (non-hydrogen) atoms. The minimum atomic E-state index is -0.977. The number of imide groups is 1. The first-order chi connectivity index (χ1) is 13.8. The van der Waals surface area contributed by atoms with Crippen LogP contribution in [0.25, 0.3) is 0 Å². The highest BCUT2D eigenvalue weighted by molar-refractivity contribution is 6.61. The van der Waals surface area contributed by atoms with Gasteiger partial charge in [-0.25, -0.2) is 4.98 Å². The summed E-state index contributed by atoms with van der Waals surface area (Å²) < 4.78 is 22.1. The van der Waals surface area contributed by atoms with Crippen LogP contribution >= 0.6 is 0 Å². The number of quaternary nitrogens is 1. The van der Waals surface area contributed by atoms with Gasteiger partial charge in [0, 0.05) is 6.20 Å². The van der Waals surface area contributed by atoms with E-state index in [1.165, 1.54) is 19.4 Å². The zero-order valence-corrected chi connectivity index (χ0v) is 20.5. The molecule has 2 rings (SSSR count). The van der Waals surface area contributed by atoms with E-state index in [1.54, 1.807) is 41.5 Å². The molecule has 2 amide bonds. The van der Waals surface area contributed by atoms with Crippen LogP contribution in [0.1, 0.15) is 69.2 Å². The number of carbonyl (C=O) groups is 2. The molecule has 0 aliphatic carbocycles. The number of nitrogens with zero attached hydrogens (tertiary/aromatic N) is 3. The van der Waals surface area contributed by atoms with Gasteiger partial charge in [-0.2, -0.15) is 9.59 Å². The fraction of sp³-hybridized carbons (Fsp3) is 0.714. The molecule has 10 heteroatoms. The van der Waals surface area contributed by atoms with Gasteiger partial charge in [0.15, 0.2) is 0 Å². The van der Waals surface area contributed by atoms with Crippen molar-refractivity contribution in [1.82, 2.24) is 14.5 Å². The Morgan fingerprint density at radius 2 is 1.32 bits per heavy atom. The quantitative estimate of drug-likeness (QED) is 0.513. The van der Waals surface area contributed by atoms with E-state index in [2.05, 4.69) is 9.97 Å². The Morgan fingerprint density at radius 1 is 0.903 bits per heavy atom. The van der Waals surface area contributed by atoms with Crippen LogP contribution in [-0.4, -0.2) is 58.7 Å². The molecule has 0 N–H and O–H groups in total. The highest BCUT2D eigenvalue weighted by atomic mass is 16.7. The number of ether oxygens (including phenoxy) is 2. The second kappa shape index (κ2) is 7.83. The highest BCUT2D eigenvalue weighted by Crippen LogP contribution is 2.36. The van der Waals surface area contributed by atoms with Gasteiger partial charge in [0.05, 0.1) is 23.8 Å². The lowest BCUT2D eigenvalue weighted by atomic mass is 9.85. The van der Waals surface area contributed by atoms with Crippen LogP contribution in [-0.2, 0) is 18.8 Å². The maximum atomic E-state index is 13.2. The van der Waals surface area contributed by atoms with Gasteiger partial charge < -0.3 is 18.8 Å². The molecule has 9 nitrogen and oxygen atoms in total. The number of hydrogen-bond acceptors (Lipinski definition) is 8. The topological polar surface area (TPSA) is 96.8 Å². The predicted molar refractivity (Wildman–Crippen MR) is 118 cm³/mol. The number of aromatic nitrogens is 2. The maximum Gasteiger partial charge on any atom is 0.533 e. The lowest BCUT2D eigenvalue weighted by molar-refractivity contribution is 0.00578. The van der Waals surface area contributed by atoms with Gasteiger partial charge >= 0.3 is 19.3 Å². The van der Waals surface area contributed by atoms with Crippen molar-refractivity contribution in [1.29, 1.82) is 0 Å². The number of carbonyl (C=O) groups excluding carboxylic acids is 2. The molecule has 2 heterocycles. The Kier molecular flexibility index (Phi) is 6.37. The molecule has 0 radical (unpaired) electrons. The van der Waals surface area contributed by atoms with E-state index in [4.69, 9.17) is 18.8 Å². The zero-order chi connectivity index (χ0) is 24.0. The summed E-state index contributed by atoms with van der Waals surface area (Å²) in [4.78, 5) is 35.0. The van der Waals surface area contributed by atoms with Crippen LogP contribution in [0.2, 0.25) is 0 Å². The lowest BCUT2D eigenvalue weighted by Gasteiger charge is -2.32. The Bertz CT molecular complexity index is 813. The summed E-state index contributed by atoms with van der Waals surface area (Å²) in [5.74, 6) is 0.0377. The minimum Gasteiger partial charge on any atom is -0.414 e. The molecule has 172 valence electrons. The van der Waals surface area contributed by atoms with Crippen LogP contribution in [0.15, 0.2) is 12.4 Å². The normalized spacial score (nSPS) is 18.6. The van der Waals surface area contributed by atoms with E-state index in [9.17, 15) is 9.59 Å². The van der Waals surface area contributed by atoms with Gasteiger partial charge in [0.25, 0.3) is 5.82 Å². The molecule has 0 unspecified atom stereocenters. The Hall–Kier alpha value is -2.04. The van der Waals surface area contributed by atoms with Gasteiger partial charge in [0.2, 0.25) is 0 Å². The molecule has 0 aromatic carbocycles. The van der Waals surface area contributed by atoms with E-state index < -0.39 is 46.2 Å². The van der Waals surface area contributed by atoms with E-state index in [1.807, 2.05) is 27.7 Å². The first-order valence-electron chi connectivity index (χ1n) is 10.3. The van der Waals surface area contributed by atoms with Crippen molar-refractivity contribution in [3.63, 3.8) is 0 Å². The Balaban J connectivity index is 2.51. The van der Waals surface area contributed by atoms with E-state index in [0.29, 0.717) is 5.59 Å². The third-order valence-corrected chi connectivity index (χ3v) is 5.11. The van der Waals surface area contributed by atoms with Crippen molar-refractivity contribution in [2.75, 3.05) is 7.05 Å². The Morgan fingerprint density at radius 3 is 1.71 bits per heavy atom. The van der Waals surface area contributed by atoms with Gasteiger partial charge in [-0.05, 0) is 69.2 Å². The van der Waals surface area contributed by atoms with E-state index in [-0.39, 0.29) is 5.82 Å². The summed E-state index contributed by atoms with van der Waals surface area (Å²) in [6.45, 7) is 18.0. The molecule has 0 atom stereocenters. The molecule has 1 aromatic heterocycles. The molecule has 1 aliphatic rings. The number of rotatable bonds is 2. The number of hydrogen-bond donors (Lipinski definition) is 0. The van der Waals surface area contributed by atoms with Gasteiger partial charge in [-0.3, -0.25) is 4.98 Å². The summed E-state index contributed by atoms with van der Waals surface area (Å²) >= 11 is 0. The fourth-order valence-electron chi connectivity index (χ4n) is 2.63. The van der Waals surface area contributed by atoms with Crippen LogP contribution in [0.3, 0.4) is 0 Å². The smallest absolute Gasteiger partial charge is 0.414 e. The zero-order valence-electron chi connectivity index (χ0n) is 20.5. The van der Waals surface area contributed by atoms with Crippen LogP contribution in [0.5, 0.6) is 0 Å². The molecule has 0 bridgehead atoms. The molecule has 0 spiro atoms. The summed E-state index contributed by atoms with van der Waals surface area (Å²) in [6, 6.07) is 0. The Labute approximate surface area is 185 Å². The van der Waals surface area contributed by atoms with E-state index in [0.717, 1.165) is 0 Å². The minimum absolute atomic E-state index is 0.0377. The first kappa shape index (κ1) is 25.2. The van der Waals surface area contributed by atoms with Gasteiger partial charge in [-0.1, -0.05) is 4.48 Å². The lowest BCUT2D eigenvalue weighted by Crippen LogP contribution is -2.59. The largest absolute Gasteiger partial charge is 0.533 e. The first-order valence-corrected chi connectivity index (χ1v) is 10.3. The summed E-state index contributed by atoms with van der Waals surface area (Å²) in [5.41, 5.74) is -2.47.